The third-order valence-electron chi connectivity index (χ3n) is 3.76. The third kappa shape index (κ3) is 5.92. The fourth-order valence-corrected chi connectivity index (χ4v) is 3.40. The Bertz CT molecular complexity index is 798. The maximum Gasteiger partial charge on any atom is 0.250 e. The van der Waals surface area contributed by atoms with Gasteiger partial charge in [-0.1, -0.05) is 48.5 Å². The van der Waals surface area contributed by atoms with E-state index in [-0.39, 0.29) is 18.0 Å². The third-order valence-corrected chi connectivity index (χ3v) is 5.24. The molecule has 0 fully saturated rings. The minimum Gasteiger partial charge on any atom is -0.382 e. The Balaban J connectivity index is 1.76. The van der Waals surface area contributed by atoms with E-state index in [1.165, 1.54) is 12.1 Å². The summed E-state index contributed by atoms with van der Waals surface area (Å²) in [6.45, 7) is 0.0453. The lowest BCUT2D eigenvalue weighted by Crippen LogP contribution is -2.48. The Kier molecular flexibility index (Phi) is 7.28. The van der Waals surface area contributed by atoms with Crippen LogP contribution in [0.5, 0.6) is 0 Å². The van der Waals surface area contributed by atoms with Crippen molar-refractivity contribution in [1.82, 2.24) is 10.0 Å². The van der Waals surface area contributed by atoms with Gasteiger partial charge in [-0.15, -0.1) is 0 Å². The van der Waals surface area contributed by atoms with Gasteiger partial charge in [0, 0.05) is 19.1 Å². The average Bonchev–Trinajstić information content (AvgIpc) is 2.66. The molecule has 2 aromatic rings. The maximum atomic E-state index is 12.0. The topological polar surface area (TPSA) is 122 Å². The first-order chi connectivity index (χ1) is 12.4. The molecule has 26 heavy (non-hydrogen) atoms. The zero-order valence-corrected chi connectivity index (χ0v) is 15.0. The van der Waals surface area contributed by atoms with Gasteiger partial charge < -0.3 is 16.2 Å². The highest BCUT2D eigenvalue weighted by atomic mass is 32.2. The second-order valence-electron chi connectivity index (χ2n) is 5.80. The lowest BCUT2D eigenvalue weighted by molar-refractivity contribution is -0.130. The van der Waals surface area contributed by atoms with E-state index in [0.717, 1.165) is 5.56 Å². The number of nitrogens with one attached hydrogen (secondary N) is 2. The van der Waals surface area contributed by atoms with Crippen LogP contribution in [0.3, 0.4) is 0 Å². The summed E-state index contributed by atoms with van der Waals surface area (Å²) >= 11 is 0. The van der Waals surface area contributed by atoms with Crippen molar-refractivity contribution < 1.29 is 18.3 Å². The van der Waals surface area contributed by atoms with Gasteiger partial charge in [-0.25, -0.2) is 13.1 Å². The molecule has 140 valence electrons. The fourth-order valence-electron chi connectivity index (χ4n) is 2.35. The molecule has 0 saturated heterocycles. The lowest BCUT2D eigenvalue weighted by atomic mass is 10.0. The number of aliphatic hydroxyl groups excluding tert-OH is 1. The normalized spacial score (nSPS) is 13.8. The molecule has 2 unspecified atom stereocenters. The number of hydrogen-bond acceptors (Lipinski definition) is 5. The maximum absolute atomic E-state index is 12.0. The summed E-state index contributed by atoms with van der Waals surface area (Å²) in [5, 5.41) is 12.5. The first-order valence-electron chi connectivity index (χ1n) is 8.20. The molecular formula is C18H23N3O4S. The molecule has 0 spiro atoms. The molecule has 0 bridgehead atoms. The lowest BCUT2D eigenvalue weighted by Gasteiger charge is -2.18. The van der Waals surface area contributed by atoms with Crippen molar-refractivity contribution in [3.63, 3.8) is 0 Å². The molecule has 2 atom stereocenters. The highest BCUT2D eigenvalue weighted by Gasteiger charge is 2.23. The Morgan fingerprint density at radius 3 is 2.19 bits per heavy atom. The van der Waals surface area contributed by atoms with Crippen molar-refractivity contribution >= 4 is 15.9 Å². The van der Waals surface area contributed by atoms with E-state index in [1.54, 1.807) is 18.2 Å². The molecule has 0 aliphatic rings. The van der Waals surface area contributed by atoms with Crippen LogP contribution in [0.25, 0.3) is 0 Å². The summed E-state index contributed by atoms with van der Waals surface area (Å²) in [5.41, 5.74) is 6.80. The number of rotatable bonds is 9. The molecule has 0 saturated carbocycles. The number of sulfonamides is 1. The summed E-state index contributed by atoms with van der Waals surface area (Å²) in [7, 11) is -3.62. The van der Waals surface area contributed by atoms with Crippen molar-refractivity contribution in [1.29, 1.82) is 0 Å². The van der Waals surface area contributed by atoms with Crippen molar-refractivity contribution in [3.8, 4) is 0 Å². The zero-order valence-electron chi connectivity index (χ0n) is 14.2. The zero-order chi connectivity index (χ0) is 19.0. The summed E-state index contributed by atoms with van der Waals surface area (Å²) in [6, 6.07) is 16.5. The van der Waals surface area contributed by atoms with Crippen molar-refractivity contribution in [2.45, 2.75) is 23.5 Å². The van der Waals surface area contributed by atoms with Crippen LogP contribution in [0.15, 0.2) is 65.6 Å². The Labute approximate surface area is 153 Å². The molecule has 5 N–H and O–H groups in total. The van der Waals surface area contributed by atoms with Crippen molar-refractivity contribution in [2.24, 2.45) is 5.73 Å². The first-order valence-corrected chi connectivity index (χ1v) is 9.68. The quantitative estimate of drug-likeness (QED) is 0.459. The van der Waals surface area contributed by atoms with E-state index in [1.807, 2.05) is 30.3 Å². The number of carbonyl (C=O) groups excluding carboxylic acids is 1. The Morgan fingerprint density at radius 2 is 1.58 bits per heavy atom. The van der Waals surface area contributed by atoms with Gasteiger partial charge in [0.05, 0.1) is 4.90 Å². The SMILES string of the molecule is NC(Cc1ccccc1)C(O)C(=O)NCCNS(=O)(=O)c1ccccc1. The number of nitrogens with two attached hydrogens (primary N) is 1. The second-order valence-corrected chi connectivity index (χ2v) is 7.57. The molecule has 0 heterocycles. The van der Waals surface area contributed by atoms with Crippen LogP contribution in [0, 0.1) is 0 Å². The standard InChI is InChI=1S/C18H23N3O4S/c19-16(13-14-7-3-1-4-8-14)17(22)18(23)20-11-12-21-26(24,25)15-9-5-2-6-10-15/h1-10,16-17,21-22H,11-13,19H2,(H,20,23). The van der Waals surface area contributed by atoms with Gasteiger partial charge in [0.25, 0.3) is 5.91 Å². The van der Waals surface area contributed by atoms with Gasteiger partial charge in [-0.2, -0.15) is 0 Å². The molecule has 0 aromatic heterocycles. The van der Waals surface area contributed by atoms with Crippen LogP contribution in [-0.4, -0.2) is 44.7 Å². The van der Waals surface area contributed by atoms with Crippen LogP contribution in [-0.2, 0) is 21.2 Å². The van der Waals surface area contributed by atoms with Gasteiger partial charge in [0.1, 0.15) is 6.10 Å². The van der Waals surface area contributed by atoms with Crippen molar-refractivity contribution in [2.75, 3.05) is 13.1 Å². The number of aliphatic hydroxyl groups is 1. The minimum atomic E-state index is -3.62. The summed E-state index contributed by atoms with van der Waals surface area (Å²) in [6.07, 6.45) is -1.02. The smallest absolute Gasteiger partial charge is 0.250 e. The van der Waals surface area contributed by atoms with E-state index < -0.39 is 28.1 Å². The fraction of sp³-hybridized carbons (Fsp3) is 0.278. The molecule has 1 amide bonds. The summed E-state index contributed by atoms with van der Waals surface area (Å²) in [4.78, 5) is 12.1. The van der Waals surface area contributed by atoms with Gasteiger partial charge in [0.15, 0.2) is 0 Å². The van der Waals surface area contributed by atoms with Gasteiger partial charge in [-0.05, 0) is 24.1 Å². The molecule has 0 aliphatic carbocycles. The highest BCUT2D eigenvalue weighted by molar-refractivity contribution is 7.89. The number of amides is 1. The molecular weight excluding hydrogens is 354 g/mol. The van der Waals surface area contributed by atoms with Crippen LogP contribution in [0.4, 0.5) is 0 Å². The van der Waals surface area contributed by atoms with Gasteiger partial charge in [-0.3, -0.25) is 4.79 Å². The predicted molar refractivity (Wildman–Crippen MR) is 98.8 cm³/mol. The number of carbonyl (C=O) groups is 1. The molecule has 2 rings (SSSR count). The summed E-state index contributed by atoms with van der Waals surface area (Å²) in [5.74, 6) is -0.632. The Hall–Kier alpha value is -2.26. The molecule has 7 nitrogen and oxygen atoms in total. The minimum absolute atomic E-state index is 0.00358. The summed E-state index contributed by atoms with van der Waals surface area (Å²) < 4.78 is 26.4. The highest BCUT2D eigenvalue weighted by Crippen LogP contribution is 2.06. The second kappa shape index (κ2) is 9.44. The van der Waals surface area contributed by atoms with E-state index in [4.69, 9.17) is 5.73 Å². The van der Waals surface area contributed by atoms with E-state index >= 15 is 0 Å². The number of hydrogen-bond donors (Lipinski definition) is 4. The van der Waals surface area contributed by atoms with Gasteiger partial charge >= 0.3 is 0 Å². The van der Waals surface area contributed by atoms with Crippen LogP contribution < -0.4 is 15.8 Å². The average molecular weight is 377 g/mol. The van der Waals surface area contributed by atoms with E-state index in [2.05, 4.69) is 10.0 Å². The van der Waals surface area contributed by atoms with E-state index in [9.17, 15) is 18.3 Å². The molecule has 2 aromatic carbocycles. The monoisotopic (exact) mass is 377 g/mol. The van der Waals surface area contributed by atoms with Crippen LogP contribution >= 0.6 is 0 Å². The van der Waals surface area contributed by atoms with Crippen molar-refractivity contribution in [3.05, 3.63) is 66.2 Å². The van der Waals surface area contributed by atoms with Gasteiger partial charge in [0.2, 0.25) is 10.0 Å². The first kappa shape index (κ1) is 20.1. The van der Waals surface area contributed by atoms with E-state index in [0.29, 0.717) is 6.42 Å². The molecule has 0 aliphatic heterocycles. The molecule has 8 heteroatoms. The predicted octanol–water partition coefficient (Wildman–Crippen LogP) is 0.0120. The van der Waals surface area contributed by atoms with Crippen LogP contribution in [0.2, 0.25) is 0 Å². The van der Waals surface area contributed by atoms with Crippen LogP contribution in [0.1, 0.15) is 5.56 Å². The molecule has 0 radical (unpaired) electrons. The Morgan fingerprint density at radius 1 is 1.00 bits per heavy atom. The largest absolute Gasteiger partial charge is 0.382 e. The number of benzene rings is 2.